The lowest BCUT2D eigenvalue weighted by Crippen LogP contribution is -2.30. The molecule has 156 valence electrons. The number of allylic oxidation sites excluding steroid dienone is 1. The maximum atomic E-state index is 13.6. The third-order valence-corrected chi connectivity index (χ3v) is 5.45. The van der Waals surface area contributed by atoms with E-state index in [1.807, 2.05) is 59.5 Å². The first-order valence-electron chi connectivity index (χ1n) is 10.5. The summed E-state index contributed by atoms with van der Waals surface area (Å²) >= 11 is 0. The van der Waals surface area contributed by atoms with E-state index in [2.05, 4.69) is 11.1 Å². The molecule has 0 spiro atoms. The Morgan fingerprint density at radius 3 is 2.52 bits per heavy atom. The van der Waals surface area contributed by atoms with Crippen LogP contribution in [0, 0.1) is 0 Å². The SMILES string of the molecule is O=C(O)CCCC/C=C1\c2cnccc2C(=O)N(Cc2ccccc2)c2ccccc21. The van der Waals surface area contributed by atoms with Crippen LogP contribution in [0.1, 0.15) is 52.7 Å². The van der Waals surface area contributed by atoms with Gasteiger partial charge in [0.25, 0.3) is 5.91 Å². The van der Waals surface area contributed by atoms with Crippen molar-refractivity contribution in [3.8, 4) is 0 Å². The van der Waals surface area contributed by atoms with E-state index in [0.29, 0.717) is 18.5 Å². The second kappa shape index (κ2) is 9.39. The van der Waals surface area contributed by atoms with Crippen molar-refractivity contribution >= 4 is 23.1 Å². The molecule has 1 amide bonds. The minimum Gasteiger partial charge on any atom is -0.481 e. The van der Waals surface area contributed by atoms with Crippen LogP contribution < -0.4 is 4.90 Å². The van der Waals surface area contributed by atoms with Crippen LogP contribution in [0.5, 0.6) is 0 Å². The number of para-hydroxylation sites is 1. The van der Waals surface area contributed by atoms with Crippen molar-refractivity contribution in [1.82, 2.24) is 4.98 Å². The number of nitrogens with zero attached hydrogens (tertiary/aromatic N) is 2. The van der Waals surface area contributed by atoms with Gasteiger partial charge >= 0.3 is 5.97 Å². The summed E-state index contributed by atoms with van der Waals surface area (Å²) < 4.78 is 0. The van der Waals surface area contributed by atoms with Gasteiger partial charge in [-0.25, -0.2) is 0 Å². The molecule has 0 atom stereocenters. The van der Waals surface area contributed by atoms with Gasteiger partial charge in [-0.2, -0.15) is 0 Å². The summed E-state index contributed by atoms with van der Waals surface area (Å²) in [5.41, 5.74) is 5.31. The Bertz CT molecular complexity index is 1120. The fraction of sp³-hybridized carbons (Fsp3) is 0.192. The molecule has 1 aromatic heterocycles. The molecular formula is C26H24N2O3. The van der Waals surface area contributed by atoms with E-state index in [0.717, 1.165) is 40.8 Å². The Labute approximate surface area is 181 Å². The molecule has 5 heteroatoms. The summed E-state index contributed by atoms with van der Waals surface area (Å²) in [5, 5.41) is 8.87. The van der Waals surface area contributed by atoms with Crippen LogP contribution in [0.4, 0.5) is 5.69 Å². The first-order chi connectivity index (χ1) is 15.1. The average Bonchev–Trinajstić information content (AvgIpc) is 2.89. The molecule has 0 bridgehead atoms. The van der Waals surface area contributed by atoms with E-state index in [1.165, 1.54) is 0 Å². The number of carboxylic acid groups (broad SMARTS) is 1. The third-order valence-electron chi connectivity index (χ3n) is 5.45. The predicted octanol–water partition coefficient (Wildman–Crippen LogP) is 5.32. The highest BCUT2D eigenvalue weighted by Gasteiger charge is 2.29. The fourth-order valence-corrected chi connectivity index (χ4v) is 3.94. The number of rotatable bonds is 7. The van der Waals surface area contributed by atoms with Crippen molar-refractivity contribution in [2.45, 2.75) is 32.2 Å². The van der Waals surface area contributed by atoms with Gasteiger partial charge in [0.1, 0.15) is 0 Å². The second-order valence-electron chi connectivity index (χ2n) is 7.57. The monoisotopic (exact) mass is 412 g/mol. The summed E-state index contributed by atoms with van der Waals surface area (Å²) in [7, 11) is 0. The molecule has 0 unspecified atom stereocenters. The van der Waals surface area contributed by atoms with E-state index >= 15 is 0 Å². The number of carboxylic acids is 1. The minimum absolute atomic E-state index is 0.0528. The summed E-state index contributed by atoms with van der Waals surface area (Å²) in [6.45, 7) is 0.477. The third kappa shape index (κ3) is 4.56. The van der Waals surface area contributed by atoms with Crippen LogP contribution in [0.2, 0.25) is 0 Å². The van der Waals surface area contributed by atoms with Crippen LogP contribution >= 0.6 is 0 Å². The van der Waals surface area contributed by atoms with Gasteiger partial charge in [0.05, 0.1) is 17.8 Å². The zero-order valence-electron chi connectivity index (χ0n) is 17.2. The van der Waals surface area contributed by atoms with Crippen LogP contribution in [0.15, 0.2) is 79.1 Å². The molecule has 1 N–H and O–H groups in total. The topological polar surface area (TPSA) is 70.5 Å². The van der Waals surface area contributed by atoms with Gasteiger partial charge in [0.15, 0.2) is 0 Å². The predicted molar refractivity (Wildman–Crippen MR) is 121 cm³/mol. The molecule has 3 aromatic rings. The molecule has 1 aliphatic heterocycles. The molecule has 0 radical (unpaired) electrons. The van der Waals surface area contributed by atoms with E-state index in [-0.39, 0.29) is 12.3 Å². The first-order valence-corrected chi connectivity index (χ1v) is 10.5. The Kier molecular flexibility index (Phi) is 6.22. The van der Waals surface area contributed by atoms with E-state index < -0.39 is 5.97 Å². The molecule has 1 aliphatic rings. The van der Waals surface area contributed by atoms with Crippen molar-refractivity contribution < 1.29 is 14.7 Å². The zero-order valence-corrected chi connectivity index (χ0v) is 17.2. The molecule has 0 fully saturated rings. The standard InChI is InChI=1S/C26H24N2O3/c29-25(30)14-6-2-5-11-20-21-12-7-8-13-24(21)28(18-19-9-3-1-4-10-19)26(31)22-15-16-27-17-23(20)22/h1,3-4,7-13,15-17H,2,5-6,14,18H2,(H,29,30)/b20-11-. The van der Waals surface area contributed by atoms with Gasteiger partial charge in [-0.3, -0.25) is 14.6 Å². The van der Waals surface area contributed by atoms with Gasteiger partial charge in [0, 0.05) is 29.9 Å². The number of amides is 1. The van der Waals surface area contributed by atoms with Gasteiger partial charge in [-0.05, 0) is 42.5 Å². The van der Waals surface area contributed by atoms with Crippen molar-refractivity contribution in [2.24, 2.45) is 0 Å². The molecule has 2 heterocycles. The second-order valence-corrected chi connectivity index (χ2v) is 7.57. The molecule has 2 aromatic carbocycles. The number of carbonyl (C=O) groups is 2. The number of benzene rings is 2. The van der Waals surface area contributed by atoms with Crippen molar-refractivity contribution in [3.05, 3.63) is 101 Å². The number of fused-ring (bicyclic) bond motifs is 2. The lowest BCUT2D eigenvalue weighted by Gasteiger charge is -2.23. The molecular weight excluding hydrogens is 388 g/mol. The highest BCUT2D eigenvalue weighted by atomic mass is 16.4. The molecule has 0 aliphatic carbocycles. The quantitative estimate of drug-likeness (QED) is 0.533. The van der Waals surface area contributed by atoms with E-state index in [9.17, 15) is 9.59 Å². The summed E-state index contributed by atoms with van der Waals surface area (Å²) in [6, 6.07) is 19.7. The molecule has 31 heavy (non-hydrogen) atoms. The minimum atomic E-state index is -0.774. The number of pyridine rings is 1. The van der Waals surface area contributed by atoms with Crippen molar-refractivity contribution in [1.29, 1.82) is 0 Å². The van der Waals surface area contributed by atoms with E-state index in [4.69, 9.17) is 5.11 Å². The van der Waals surface area contributed by atoms with Crippen LogP contribution in [0.3, 0.4) is 0 Å². The number of unbranched alkanes of at least 4 members (excludes halogenated alkanes) is 2. The number of anilines is 1. The Morgan fingerprint density at radius 2 is 1.71 bits per heavy atom. The lowest BCUT2D eigenvalue weighted by molar-refractivity contribution is -0.137. The molecule has 0 saturated heterocycles. The summed E-state index contributed by atoms with van der Waals surface area (Å²) in [4.78, 5) is 30.5. The maximum Gasteiger partial charge on any atom is 0.303 e. The molecule has 0 saturated carbocycles. The Morgan fingerprint density at radius 1 is 0.935 bits per heavy atom. The lowest BCUT2D eigenvalue weighted by atomic mass is 9.94. The average molecular weight is 412 g/mol. The first kappa shape index (κ1) is 20.5. The largest absolute Gasteiger partial charge is 0.481 e. The molecule has 4 rings (SSSR count). The number of hydrogen-bond donors (Lipinski definition) is 1. The van der Waals surface area contributed by atoms with Crippen molar-refractivity contribution in [2.75, 3.05) is 4.90 Å². The van der Waals surface area contributed by atoms with Gasteiger partial charge in [-0.1, -0.05) is 54.6 Å². The number of aliphatic carboxylic acids is 1. The van der Waals surface area contributed by atoms with Gasteiger partial charge in [0.2, 0.25) is 0 Å². The number of hydrogen-bond acceptors (Lipinski definition) is 3. The summed E-state index contributed by atoms with van der Waals surface area (Å²) in [5.74, 6) is -0.827. The van der Waals surface area contributed by atoms with Crippen LogP contribution in [-0.4, -0.2) is 22.0 Å². The molecule has 5 nitrogen and oxygen atoms in total. The normalized spacial score (nSPS) is 14.1. The smallest absolute Gasteiger partial charge is 0.303 e. The maximum absolute atomic E-state index is 13.6. The highest BCUT2D eigenvalue weighted by molar-refractivity contribution is 6.13. The Hall–Kier alpha value is -3.73. The van der Waals surface area contributed by atoms with Crippen LogP contribution in [0.25, 0.3) is 5.57 Å². The number of carbonyl (C=O) groups excluding carboxylic acids is 1. The van der Waals surface area contributed by atoms with Gasteiger partial charge in [-0.15, -0.1) is 0 Å². The van der Waals surface area contributed by atoms with Gasteiger partial charge < -0.3 is 10.0 Å². The highest BCUT2D eigenvalue weighted by Crippen LogP contribution is 2.38. The van der Waals surface area contributed by atoms with Crippen LogP contribution in [-0.2, 0) is 11.3 Å². The summed E-state index contributed by atoms with van der Waals surface area (Å²) in [6.07, 6.45) is 7.81. The number of aromatic nitrogens is 1. The van der Waals surface area contributed by atoms with E-state index in [1.54, 1.807) is 18.5 Å². The van der Waals surface area contributed by atoms with Crippen molar-refractivity contribution in [3.63, 3.8) is 0 Å². The zero-order chi connectivity index (χ0) is 21.6. The Balaban J connectivity index is 1.76. The fourth-order valence-electron chi connectivity index (χ4n) is 3.94.